The van der Waals surface area contributed by atoms with E-state index in [2.05, 4.69) is 36.6 Å². The minimum Gasteiger partial charge on any atom is -0.445 e. The molecule has 1 aliphatic rings. The molecule has 0 spiro atoms. The standard InChI is InChI=1S/C24H28N2O2/c1-3-14-26-22-13-15-25(24(27)28-17-18-9-6-5-7-10-18)16-21(22)20-12-8-11-19(4-2)23(20)26/h5-12H,3-4,13-17H2,1-2H3. The predicted octanol–water partition coefficient (Wildman–Crippen LogP) is 5.31. The Labute approximate surface area is 166 Å². The van der Waals surface area contributed by atoms with Gasteiger partial charge in [0.05, 0.1) is 12.1 Å². The third-order valence-corrected chi connectivity index (χ3v) is 5.65. The van der Waals surface area contributed by atoms with E-state index in [0.29, 0.717) is 19.7 Å². The summed E-state index contributed by atoms with van der Waals surface area (Å²) in [5, 5.41) is 1.29. The maximum atomic E-state index is 12.7. The Kier molecular flexibility index (Phi) is 5.38. The van der Waals surface area contributed by atoms with Gasteiger partial charge in [-0.15, -0.1) is 0 Å². The fraction of sp³-hybridized carbons (Fsp3) is 0.375. The molecule has 2 aromatic carbocycles. The Balaban J connectivity index is 1.59. The summed E-state index contributed by atoms with van der Waals surface area (Å²) in [6, 6.07) is 16.4. The van der Waals surface area contributed by atoms with E-state index in [-0.39, 0.29) is 6.09 Å². The Morgan fingerprint density at radius 2 is 1.89 bits per heavy atom. The van der Waals surface area contributed by atoms with Crippen molar-refractivity contribution in [3.05, 3.63) is 70.9 Å². The van der Waals surface area contributed by atoms with Gasteiger partial charge in [-0.3, -0.25) is 0 Å². The summed E-state index contributed by atoms with van der Waals surface area (Å²) in [7, 11) is 0. The molecule has 0 fully saturated rings. The van der Waals surface area contributed by atoms with Crippen molar-refractivity contribution in [3.8, 4) is 0 Å². The molecule has 28 heavy (non-hydrogen) atoms. The average Bonchev–Trinajstić information content (AvgIpc) is 3.06. The number of carbonyl (C=O) groups is 1. The van der Waals surface area contributed by atoms with E-state index in [0.717, 1.165) is 31.4 Å². The Morgan fingerprint density at radius 1 is 1.07 bits per heavy atom. The van der Waals surface area contributed by atoms with Crippen LogP contribution in [0.4, 0.5) is 4.79 Å². The van der Waals surface area contributed by atoms with Crippen molar-refractivity contribution in [3.63, 3.8) is 0 Å². The van der Waals surface area contributed by atoms with Crippen LogP contribution in [0.5, 0.6) is 0 Å². The van der Waals surface area contributed by atoms with Crippen LogP contribution in [0.1, 0.15) is 42.7 Å². The zero-order valence-corrected chi connectivity index (χ0v) is 16.8. The Morgan fingerprint density at radius 3 is 2.64 bits per heavy atom. The number of fused-ring (bicyclic) bond motifs is 3. The fourth-order valence-electron chi connectivity index (χ4n) is 4.30. The van der Waals surface area contributed by atoms with Crippen LogP contribution in [0, 0.1) is 0 Å². The van der Waals surface area contributed by atoms with Gasteiger partial charge in [-0.05, 0) is 24.0 Å². The van der Waals surface area contributed by atoms with Gasteiger partial charge in [0.2, 0.25) is 0 Å². The van der Waals surface area contributed by atoms with Gasteiger partial charge in [0.15, 0.2) is 0 Å². The molecular weight excluding hydrogens is 348 g/mol. The second-order valence-electron chi connectivity index (χ2n) is 7.46. The first-order valence-electron chi connectivity index (χ1n) is 10.3. The van der Waals surface area contributed by atoms with Crippen molar-refractivity contribution < 1.29 is 9.53 Å². The molecule has 0 saturated carbocycles. The first kappa shape index (κ1) is 18.6. The third-order valence-electron chi connectivity index (χ3n) is 5.65. The molecule has 4 heteroatoms. The zero-order valence-electron chi connectivity index (χ0n) is 16.8. The van der Waals surface area contributed by atoms with Crippen LogP contribution in [0.15, 0.2) is 48.5 Å². The summed E-state index contributed by atoms with van der Waals surface area (Å²) in [5.74, 6) is 0. The van der Waals surface area contributed by atoms with Gasteiger partial charge in [0.1, 0.15) is 6.61 Å². The normalized spacial score (nSPS) is 13.6. The number of carbonyl (C=O) groups excluding carboxylic acids is 1. The van der Waals surface area contributed by atoms with Gasteiger partial charge in [-0.1, -0.05) is 62.4 Å². The summed E-state index contributed by atoms with van der Waals surface area (Å²) in [4.78, 5) is 14.5. The van der Waals surface area contributed by atoms with E-state index in [1.807, 2.05) is 35.2 Å². The number of para-hydroxylation sites is 1. The van der Waals surface area contributed by atoms with Crippen LogP contribution < -0.4 is 0 Å². The van der Waals surface area contributed by atoms with Crippen molar-refractivity contribution in [2.24, 2.45) is 0 Å². The van der Waals surface area contributed by atoms with Gasteiger partial charge in [0, 0.05) is 36.2 Å². The van der Waals surface area contributed by atoms with Gasteiger partial charge in [-0.25, -0.2) is 4.79 Å². The first-order chi connectivity index (χ1) is 13.7. The van der Waals surface area contributed by atoms with Crippen molar-refractivity contribution in [1.29, 1.82) is 0 Å². The molecule has 146 valence electrons. The Bertz CT molecular complexity index is 975. The van der Waals surface area contributed by atoms with Gasteiger partial charge in [0.25, 0.3) is 0 Å². The van der Waals surface area contributed by atoms with Crippen LogP contribution >= 0.6 is 0 Å². The highest BCUT2D eigenvalue weighted by atomic mass is 16.6. The number of nitrogens with zero attached hydrogens (tertiary/aromatic N) is 2. The number of rotatable bonds is 5. The molecule has 0 saturated heterocycles. The molecule has 4 nitrogen and oxygen atoms in total. The maximum absolute atomic E-state index is 12.7. The van der Waals surface area contributed by atoms with Crippen LogP contribution in [0.3, 0.4) is 0 Å². The highest BCUT2D eigenvalue weighted by Crippen LogP contribution is 2.33. The van der Waals surface area contributed by atoms with Crippen LogP contribution in [-0.2, 0) is 37.3 Å². The monoisotopic (exact) mass is 376 g/mol. The minimum absolute atomic E-state index is 0.224. The molecule has 0 unspecified atom stereocenters. The molecule has 1 amide bonds. The molecule has 0 bridgehead atoms. The maximum Gasteiger partial charge on any atom is 0.410 e. The first-order valence-corrected chi connectivity index (χ1v) is 10.3. The van der Waals surface area contributed by atoms with E-state index in [1.54, 1.807) is 0 Å². The molecule has 1 aromatic heterocycles. The van der Waals surface area contributed by atoms with Crippen molar-refractivity contribution in [1.82, 2.24) is 9.47 Å². The molecule has 3 aromatic rings. The third kappa shape index (κ3) is 3.39. The molecule has 0 N–H and O–H groups in total. The zero-order chi connectivity index (χ0) is 19.5. The summed E-state index contributed by atoms with van der Waals surface area (Å²) in [5.41, 5.74) is 6.45. The predicted molar refractivity (Wildman–Crippen MR) is 112 cm³/mol. The van der Waals surface area contributed by atoms with Gasteiger partial charge in [-0.2, -0.15) is 0 Å². The number of hydrogen-bond acceptors (Lipinski definition) is 2. The number of aromatic nitrogens is 1. The van der Waals surface area contributed by atoms with Gasteiger partial charge < -0.3 is 14.2 Å². The highest BCUT2D eigenvalue weighted by molar-refractivity contribution is 5.89. The van der Waals surface area contributed by atoms with Crippen molar-refractivity contribution in [2.75, 3.05) is 6.54 Å². The second kappa shape index (κ2) is 8.09. The number of benzene rings is 2. The molecule has 2 heterocycles. The number of ether oxygens (including phenoxy) is 1. The molecule has 0 radical (unpaired) electrons. The van der Waals surface area contributed by atoms with E-state index in [4.69, 9.17) is 4.74 Å². The number of aryl methyl sites for hydroxylation is 2. The lowest BCUT2D eigenvalue weighted by atomic mass is 10.0. The molecular formula is C24H28N2O2. The SMILES string of the molecule is CCCn1c2c(c3cccc(CC)c31)CN(C(=O)OCc1ccccc1)CC2. The van der Waals surface area contributed by atoms with E-state index in [9.17, 15) is 4.79 Å². The highest BCUT2D eigenvalue weighted by Gasteiger charge is 2.27. The summed E-state index contributed by atoms with van der Waals surface area (Å²) >= 11 is 0. The number of amides is 1. The number of hydrogen-bond donors (Lipinski definition) is 0. The van der Waals surface area contributed by atoms with E-state index >= 15 is 0 Å². The smallest absolute Gasteiger partial charge is 0.410 e. The summed E-state index contributed by atoms with van der Waals surface area (Å²) < 4.78 is 8.07. The van der Waals surface area contributed by atoms with Gasteiger partial charge >= 0.3 is 6.09 Å². The summed E-state index contributed by atoms with van der Waals surface area (Å²) in [6.07, 6.45) is 2.79. The average molecular weight is 377 g/mol. The van der Waals surface area contributed by atoms with Crippen molar-refractivity contribution >= 4 is 17.0 Å². The van der Waals surface area contributed by atoms with Crippen LogP contribution in [0.25, 0.3) is 10.9 Å². The van der Waals surface area contributed by atoms with Crippen LogP contribution in [0.2, 0.25) is 0 Å². The summed E-state index contributed by atoms with van der Waals surface area (Å²) in [6.45, 7) is 7.13. The van der Waals surface area contributed by atoms with E-state index < -0.39 is 0 Å². The molecule has 1 aliphatic heterocycles. The minimum atomic E-state index is -0.224. The lowest BCUT2D eigenvalue weighted by Gasteiger charge is -2.27. The fourth-order valence-corrected chi connectivity index (χ4v) is 4.30. The Hall–Kier alpha value is -2.75. The van der Waals surface area contributed by atoms with E-state index in [1.165, 1.54) is 27.7 Å². The molecule has 0 atom stereocenters. The second-order valence-corrected chi connectivity index (χ2v) is 7.46. The largest absolute Gasteiger partial charge is 0.445 e. The molecule has 4 rings (SSSR count). The van der Waals surface area contributed by atoms with Crippen LogP contribution in [-0.4, -0.2) is 22.1 Å². The molecule has 0 aliphatic carbocycles. The van der Waals surface area contributed by atoms with Crippen molar-refractivity contribution in [2.45, 2.75) is 52.8 Å². The lowest BCUT2D eigenvalue weighted by molar-refractivity contribution is 0.0917. The lowest BCUT2D eigenvalue weighted by Crippen LogP contribution is -2.36. The topological polar surface area (TPSA) is 34.5 Å². The quantitative estimate of drug-likeness (QED) is 0.605.